The molecule has 3 aromatic rings. The molecule has 0 amide bonds. The molecular weight excluding hydrogens is 367 g/mol. The van der Waals surface area contributed by atoms with Crippen LogP contribution in [-0.4, -0.2) is 11.7 Å². The first-order chi connectivity index (χ1) is 13.3. The number of hydrogen-bond donors (Lipinski definition) is 2. The Balaban J connectivity index is 1.84. The van der Waals surface area contributed by atoms with Gasteiger partial charge in [-0.2, -0.15) is 13.2 Å². The minimum atomic E-state index is -4.41. The molecule has 0 spiro atoms. The summed E-state index contributed by atoms with van der Waals surface area (Å²) in [5.74, 6) is 0.0637. The molecular formula is C22H18F3NO2. The molecule has 0 radical (unpaired) electrons. The average Bonchev–Trinajstić information content (AvgIpc) is 2.67. The molecule has 0 aliphatic carbocycles. The van der Waals surface area contributed by atoms with Gasteiger partial charge in [-0.05, 0) is 35.4 Å². The topological polar surface area (TPSA) is 55.5 Å². The standard InChI is InChI=1S/C22H18F3NO2/c23-22(24,25)15-3-1-2-14(10-15)19-12-28-20-11-17(27)8-9-18(20)21(19)13-4-6-16(26)7-5-13/h1-11,19,21,27H,12,26H2. The first-order valence-corrected chi connectivity index (χ1v) is 8.81. The van der Waals surface area contributed by atoms with Crippen molar-refractivity contribution in [3.05, 3.63) is 89.0 Å². The third-order valence-electron chi connectivity index (χ3n) is 5.09. The number of aromatic hydroxyl groups is 1. The van der Waals surface area contributed by atoms with Gasteiger partial charge in [0.1, 0.15) is 11.5 Å². The summed E-state index contributed by atoms with van der Waals surface area (Å²) in [4.78, 5) is 0. The van der Waals surface area contributed by atoms with Crippen LogP contribution in [0.1, 0.15) is 34.1 Å². The zero-order valence-corrected chi connectivity index (χ0v) is 14.8. The van der Waals surface area contributed by atoms with Crippen molar-refractivity contribution in [2.24, 2.45) is 0 Å². The Kier molecular flexibility index (Phi) is 4.41. The lowest BCUT2D eigenvalue weighted by Gasteiger charge is -2.35. The summed E-state index contributed by atoms with van der Waals surface area (Å²) < 4.78 is 45.4. The van der Waals surface area contributed by atoms with E-state index in [1.807, 2.05) is 12.1 Å². The average molecular weight is 385 g/mol. The summed E-state index contributed by atoms with van der Waals surface area (Å²) >= 11 is 0. The number of anilines is 1. The van der Waals surface area contributed by atoms with E-state index in [1.54, 1.807) is 30.3 Å². The van der Waals surface area contributed by atoms with E-state index in [-0.39, 0.29) is 24.2 Å². The van der Waals surface area contributed by atoms with Gasteiger partial charge in [-0.1, -0.05) is 36.4 Å². The van der Waals surface area contributed by atoms with Crippen molar-refractivity contribution in [2.75, 3.05) is 12.3 Å². The van der Waals surface area contributed by atoms with Crippen molar-refractivity contribution in [1.29, 1.82) is 0 Å². The molecule has 3 nitrogen and oxygen atoms in total. The van der Waals surface area contributed by atoms with Crippen LogP contribution in [0.4, 0.5) is 18.9 Å². The summed E-state index contributed by atoms with van der Waals surface area (Å²) in [6.07, 6.45) is -4.41. The van der Waals surface area contributed by atoms with Crippen LogP contribution in [0, 0.1) is 0 Å². The van der Waals surface area contributed by atoms with Gasteiger partial charge in [0.05, 0.1) is 12.2 Å². The van der Waals surface area contributed by atoms with Gasteiger partial charge in [-0.3, -0.25) is 0 Å². The molecule has 0 bridgehead atoms. The Hall–Kier alpha value is -3.15. The van der Waals surface area contributed by atoms with Crippen LogP contribution < -0.4 is 10.5 Å². The second kappa shape index (κ2) is 6.78. The third-order valence-corrected chi connectivity index (χ3v) is 5.09. The van der Waals surface area contributed by atoms with Crippen LogP contribution in [0.25, 0.3) is 0 Å². The molecule has 0 fully saturated rings. The zero-order chi connectivity index (χ0) is 19.9. The lowest BCUT2D eigenvalue weighted by atomic mass is 9.75. The van der Waals surface area contributed by atoms with Crippen LogP contribution in [-0.2, 0) is 6.18 Å². The number of nitrogens with two attached hydrogens (primary N) is 1. The predicted molar refractivity (Wildman–Crippen MR) is 100 cm³/mol. The fourth-order valence-electron chi connectivity index (χ4n) is 3.75. The molecule has 0 saturated carbocycles. The maximum absolute atomic E-state index is 13.2. The highest BCUT2D eigenvalue weighted by molar-refractivity contribution is 5.52. The monoisotopic (exact) mass is 385 g/mol. The van der Waals surface area contributed by atoms with E-state index in [0.717, 1.165) is 17.2 Å². The number of alkyl halides is 3. The molecule has 3 N–H and O–H groups in total. The zero-order valence-electron chi connectivity index (χ0n) is 14.8. The molecule has 1 aliphatic heterocycles. The number of rotatable bonds is 2. The van der Waals surface area contributed by atoms with Crippen LogP contribution in [0.3, 0.4) is 0 Å². The number of phenolic OH excluding ortho intramolecular Hbond substituents is 1. The smallest absolute Gasteiger partial charge is 0.416 e. The number of ether oxygens (including phenoxy) is 1. The number of phenols is 1. The number of fused-ring (bicyclic) bond motifs is 1. The van der Waals surface area contributed by atoms with Crippen LogP contribution in [0.2, 0.25) is 0 Å². The Morgan fingerprint density at radius 1 is 0.929 bits per heavy atom. The van der Waals surface area contributed by atoms with E-state index >= 15 is 0 Å². The van der Waals surface area contributed by atoms with Crippen molar-refractivity contribution in [3.63, 3.8) is 0 Å². The highest BCUT2D eigenvalue weighted by atomic mass is 19.4. The fraction of sp³-hybridized carbons (Fsp3) is 0.182. The van der Waals surface area contributed by atoms with Crippen LogP contribution in [0.5, 0.6) is 11.5 Å². The highest BCUT2D eigenvalue weighted by Gasteiger charge is 2.36. The van der Waals surface area contributed by atoms with Crippen molar-refractivity contribution < 1.29 is 23.0 Å². The van der Waals surface area contributed by atoms with E-state index in [4.69, 9.17) is 10.5 Å². The van der Waals surface area contributed by atoms with Gasteiger partial charge >= 0.3 is 6.18 Å². The first kappa shape index (κ1) is 18.2. The van der Waals surface area contributed by atoms with Gasteiger partial charge in [-0.15, -0.1) is 0 Å². The second-order valence-corrected chi connectivity index (χ2v) is 6.91. The maximum atomic E-state index is 13.2. The van der Waals surface area contributed by atoms with E-state index in [1.165, 1.54) is 18.2 Å². The van der Waals surface area contributed by atoms with Crippen LogP contribution in [0.15, 0.2) is 66.7 Å². The number of nitrogen functional groups attached to an aromatic ring is 1. The first-order valence-electron chi connectivity index (χ1n) is 8.81. The van der Waals surface area contributed by atoms with Gasteiger partial charge in [0.15, 0.2) is 0 Å². The molecule has 4 rings (SSSR count). The van der Waals surface area contributed by atoms with Gasteiger partial charge in [-0.25, -0.2) is 0 Å². The van der Waals surface area contributed by atoms with Crippen molar-refractivity contribution in [2.45, 2.75) is 18.0 Å². The normalized spacial score (nSPS) is 19.0. The molecule has 2 unspecified atom stereocenters. The molecule has 1 heterocycles. The van der Waals surface area contributed by atoms with Crippen molar-refractivity contribution in [3.8, 4) is 11.5 Å². The Morgan fingerprint density at radius 2 is 1.68 bits per heavy atom. The van der Waals surface area contributed by atoms with E-state index in [9.17, 15) is 18.3 Å². The van der Waals surface area contributed by atoms with Gasteiger partial charge in [0.25, 0.3) is 0 Å². The van der Waals surface area contributed by atoms with Gasteiger partial charge in [0.2, 0.25) is 0 Å². The molecule has 0 saturated heterocycles. The van der Waals surface area contributed by atoms with E-state index in [2.05, 4.69) is 0 Å². The van der Waals surface area contributed by atoms with Gasteiger partial charge < -0.3 is 15.6 Å². The Bertz CT molecular complexity index is 999. The number of halogens is 3. The predicted octanol–water partition coefficient (Wildman–Crippen LogP) is 5.30. The molecule has 2 atom stereocenters. The molecule has 6 heteroatoms. The summed E-state index contributed by atoms with van der Waals surface area (Å²) in [6, 6.07) is 17.5. The Labute approximate surface area is 160 Å². The third kappa shape index (κ3) is 3.38. The lowest BCUT2D eigenvalue weighted by Crippen LogP contribution is -2.25. The highest BCUT2D eigenvalue weighted by Crippen LogP contribution is 2.47. The van der Waals surface area contributed by atoms with Crippen molar-refractivity contribution in [1.82, 2.24) is 0 Å². The molecule has 1 aliphatic rings. The lowest BCUT2D eigenvalue weighted by molar-refractivity contribution is -0.137. The fourth-order valence-corrected chi connectivity index (χ4v) is 3.75. The Morgan fingerprint density at radius 3 is 2.39 bits per heavy atom. The summed E-state index contributed by atoms with van der Waals surface area (Å²) in [5.41, 5.74) is 8.02. The molecule has 144 valence electrons. The SMILES string of the molecule is Nc1ccc(C2c3ccc(O)cc3OCC2c2cccc(C(F)(F)F)c2)cc1. The van der Waals surface area contributed by atoms with Crippen molar-refractivity contribution >= 4 is 5.69 Å². The minimum Gasteiger partial charge on any atom is -0.508 e. The van der Waals surface area contributed by atoms with E-state index in [0.29, 0.717) is 17.0 Å². The largest absolute Gasteiger partial charge is 0.508 e. The summed E-state index contributed by atoms with van der Waals surface area (Å²) in [7, 11) is 0. The quantitative estimate of drug-likeness (QED) is 0.589. The summed E-state index contributed by atoms with van der Waals surface area (Å²) in [6.45, 7) is 0.201. The second-order valence-electron chi connectivity index (χ2n) is 6.91. The maximum Gasteiger partial charge on any atom is 0.416 e. The van der Waals surface area contributed by atoms with Gasteiger partial charge in [0, 0.05) is 29.2 Å². The number of hydrogen-bond acceptors (Lipinski definition) is 3. The summed E-state index contributed by atoms with van der Waals surface area (Å²) in [5, 5.41) is 9.77. The number of benzene rings is 3. The molecule has 28 heavy (non-hydrogen) atoms. The minimum absolute atomic E-state index is 0.0762. The molecule has 3 aromatic carbocycles. The van der Waals surface area contributed by atoms with E-state index < -0.39 is 11.7 Å². The van der Waals surface area contributed by atoms with Crippen LogP contribution >= 0.6 is 0 Å². The molecule has 0 aromatic heterocycles.